The second-order valence-electron chi connectivity index (χ2n) is 6.95. The molecule has 0 bridgehead atoms. The van der Waals surface area contributed by atoms with E-state index in [2.05, 4.69) is 55.3 Å². The molecule has 2 aliphatic heterocycles. The standard InChI is InChI=1S/C18H28N2O/c1-4-20(14-8-7-11-19-13-14)16-12-18(2,3)21-17-10-6-5-9-15(16)17/h5-6,9-10,14,16,19H,4,7-8,11-13H2,1-3H3. The van der Waals surface area contributed by atoms with E-state index in [0.29, 0.717) is 12.1 Å². The highest BCUT2D eigenvalue weighted by molar-refractivity contribution is 5.38. The molecule has 116 valence electrons. The van der Waals surface area contributed by atoms with Crippen molar-refractivity contribution in [3.63, 3.8) is 0 Å². The van der Waals surface area contributed by atoms with Crippen LogP contribution in [-0.2, 0) is 0 Å². The Morgan fingerprint density at radius 1 is 1.33 bits per heavy atom. The summed E-state index contributed by atoms with van der Waals surface area (Å²) in [6.45, 7) is 10.1. The van der Waals surface area contributed by atoms with Crippen molar-refractivity contribution in [1.29, 1.82) is 0 Å². The monoisotopic (exact) mass is 288 g/mol. The van der Waals surface area contributed by atoms with Gasteiger partial charge in [-0.25, -0.2) is 0 Å². The second-order valence-corrected chi connectivity index (χ2v) is 6.95. The van der Waals surface area contributed by atoms with E-state index in [9.17, 15) is 0 Å². The molecule has 2 aliphatic rings. The number of nitrogens with one attached hydrogen (secondary N) is 1. The fourth-order valence-corrected chi connectivity index (χ4v) is 3.91. The number of hydrogen-bond donors (Lipinski definition) is 1. The number of nitrogens with zero attached hydrogens (tertiary/aromatic N) is 1. The molecule has 0 radical (unpaired) electrons. The van der Waals surface area contributed by atoms with Gasteiger partial charge < -0.3 is 10.1 Å². The smallest absolute Gasteiger partial charge is 0.124 e. The van der Waals surface area contributed by atoms with Gasteiger partial charge in [0.05, 0.1) is 0 Å². The number of likely N-dealkylation sites (N-methyl/N-ethyl adjacent to an activating group) is 1. The third-order valence-corrected chi connectivity index (χ3v) is 4.85. The molecule has 0 amide bonds. The Balaban J connectivity index is 1.91. The lowest BCUT2D eigenvalue weighted by atomic mass is 9.87. The zero-order valence-electron chi connectivity index (χ0n) is 13.6. The minimum absolute atomic E-state index is 0.0888. The van der Waals surface area contributed by atoms with Crippen LogP contribution in [0.3, 0.4) is 0 Å². The Labute approximate surface area is 128 Å². The van der Waals surface area contributed by atoms with E-state index >= 15 is 0 Å². The van der Waals surface area contributed by atoms with Crippen molar-refractivity contribution in [3.05, 3.63) is 29.8 Å². The van der Waals surface area contributed by atoms with Crippen LogP contribution in [-0.4, -0.2) is 36.2 Å². The summed E-state index contributed by atoms with van der Waals surface area (Å²) in [5.74, 6) is 1.07. The van der Waals surface area contributed by atoms with Crippen LogP contribution in [0, 0.1) is 0 Å². The van der Waals surface area contributed by atoms with E-state index in [1.54, 1.807) is 0 Å². The number of piperidine rings is 1. The summed E-state index contributed by atoms with van der Waals surface area (Å²) in [6, 6.07) is 9.70. The minimum atomic E-state index is -0.0888. The first kappa shape index (κ1) is 14.9. The van der Waals surface area contributed by atoms with Crippen LogP contribution >= 0.6 is 0 Å². The number of fused-ring (bicyclic) bond motifs is 1. The van der Waals surface area contributed by atoms with Gasteiger partial charge in [-0.1, -0.05) is 25.1 Å². The zero-order valence-corrected chi connectivity index (χ0v) is 13.6. The van der Waals surface area contributed by atoms with Gasteiger partial charge in [0.25, 0.3) is 0 Å². The van der Waals surface area contributed by atoms with Gasteiger partial charge in [0.15, 0.2) is 0 Å². The lowest BCUT2D eigenvalue weighted by Crippen LogP contribution is -2.50. The number of rotatable bonds is 3. The van der Waals surface area contributed by atoms with E-state index in [-0.39, 0.29) is 5.60 Å². The van der Waals surface area contributed by atoms with Crippen LogP contribution in [0.4, 0.5) is 0 Å². The molecule has 2 unspecified atom stereocenters. The first-order valence-electron chi connectivity index (χ1n) is 8.35. The van der Waals surface area contributed by atoms with E-state index < -0.39 is 0 Å². The Morgan fingerprint density at radius 3 is 2.86 bits per heavy atom. The van der Waals surface area contributed by atoms with Crippen LogP contribution in [0.2, 0.25) is 0 Å². The van der Waals surface area contributed by atoms with Gasteiger partial charge in [0.1, 0.15) is 11.4 Å². The van der Waals surface area contributed by atoms with Gasteiger partial charge >= 0.3 is 0 Å². The summed E-state index contributed by atoms with van der Waals surface area (Å²) in [6.07, 6.45) is 3.66. The molecule has 1 fully saturated rings. The van der Waals surface area contributed by atoms with Gasteiger partial charge in [-0.2, -0.15) is 0 Å². The van der Waals surface area contributed by atoms with Crippen LogP contribution in [0.25, 0.3) is 0 Å². The van der Waals surface area contributed by atoms with Crippen molar-refractivity contribution >= 4 is 0 Å². The molecule has 21 heavy (non-hydrogen) atoms. The third kappa shape index (κ3) is 3.09. The average molecular weight is 288 g/mol. The Hall–Kier alpha value is -1.06. The van der Waals surface area contributed by atoms with Crippen molar-refractivity contribution in [1.82, 2.24) is 10.2 Å². The van der Waals surface area contributed by atoms with Crippen LogP contribution in [0.15, 0.2) is 24.3 Å². The fourth-order valence-electron chi connectivity index (χ4n) is 3.91. The maximum atomic E-state index is 6.19. The van der Waals surface area contributed by atoms with E-state index in [1.165, 1.54) is 24.9 Å². The Kier molecular flexibility index (Phi) is 4.23. The van der Waals surface area contributed by atoms with Crippen molar-refractivity contribution in [2.75, 3.05) is 19.6 Å². The highest BCUT2D eigenvalue weighted by Crippen LogP contribution is 2.43. The van der Waals surface area contributed by atoms with Crippen molar-refractivity contribution in [2.24, 2.45) is 0 Å². The Morgan fingerprint density at radius 2 is 2.14 bits per heavy atom. The van der Waals surface area contributed by atoms with Crippen molar-refractivity contribution < 1.29 is 4.74 Å². The van der Waals surface area contributed by atoms with E-state index in [0.717, 1.165) is 25.3 Å². The molecule has 0 saturated carbocycles. The van der Waals surface area contributed by atoms with Crippen LogP contribution in [0.5, 0.6) is 5.75 Å². The van der Waals surface area contributed by atoms with Crippen LogP contribution in [0.1, 0.15) is 51.6 Å². The van der Waals surface area contributed by atoms with Crippen LogP contribution < -0.4 is 10.1 Å². The SMILES string of the molecule is CCN(C1CCCNC1)C1CC(C)(C)Oc2ccccc21. The van der Waals surface area contributed by atoms with Gasteiger partial charge in [-0.05, 0) is 45.8 Å². The van der Waals surface area contributed by atoms with Crippen molar-refractivity contribution in [3.8, 4) is 5.75 Å². The first-order chi connectivity index (χ1) is 10.1. The maximum Gasteiger partial charge on any atom is 0.124 e. The molecule has 3 rings (SSSR count). The molecule has 2 atom stereocenters. The summed E-state index contributed by atoms with van der Waals surface area (Å²) in [5, 5.41) is 3.56. The lowest BCUT2D eigenvalue weighted by Gasteiger charge is -2.46. The average Bonchev–Trinajstić information content (AvgIpc) is 2.48. The predicted molar refractivity (Wildman–Crippen MR) is 86.8 cm³/mol. The second kappa shape index (κ2) is 5.98. The number of para-hydroxylation sites is 1. The highest BCUT2D eigenvalue weighted by atomic mass is 16.5. The number of ether oxygens (including phenoxy) is 1. The third-order valence-electron chi connectivity index (χ3n) is 4.85. The summed E-state index contributed by atoms with van der Waals surface area (Å²) >= 11 is 0. The molecule has 0 aromatic heterocycles. The first-order valence-corrected chi connectivity index (χ1v) is 8.35. The van der Waals surface area contributed by atoms with E-state index in [4.69, 9.17) is 4.74 Å². The zero-order chi connectivity index (χ0) is 14.9. The molecule has 0 spiro atoms. The minimum Gasteiger partial charge on any atom is -0.487 e. The molecule has 0 aliphatic carbocycles. The lowest BCUT2D eigenvalue weighted by molar-refractivity contribution is 0.0122. The maximum absolute atomic E-state index is 6.19. The summed E-state index contributed by atoms with van der Waals surface area (Å²) in [4.78, 5) is 2.69. The predicted octanol–water partition coefficient (Wildman–Crippen LogP) is 3.36. The molecule has 1 N–H and O–H groups in total. The molecule has 2 heterocycles. The molecule has 3 heteroatoms. The fraction of sp³-hybridized carbons (Fsp3) is 0.667. The molecule has 1 aromatic rings. The van der Waals surface area contributed by atoms with E-state index in [1.807, 2.05) is 0 Å². The van der Waals surface area contributed by atoms with Crippen molar-refractivity contribution in [2.45, 2.75) is 57.7 Å². The highest BCUT2D eigenvalue weighted by Gasteiger charge is 2.38. The molecular weight excluding hydrogens is 260 g/mol. The summed E-state index contributed by atoms with van der Waals surface area (Å²) in [5.41, 5.74) is 1.28. The Bertz CT molecular complexity index is 480. The molecule has 1 aromatic carbocycles. The van der Waals surface area contributed by atoms with Gasteiger partial charge in [-0.15, -0.1) is 0 Å². The topological polar surface area (TPSA) is 24.5 Å². The summed E-state index contributed by atoms with van der Waals surface area (Å²) in [7, 11) is 0. The van der Waals surface area contributed by atoms with Gasteiger partial charge in [0.2, 0.25) is 0 Å². The largest absolute Gasteiger partial charge is 0.487 e. The molecule has 1 saturated heterocycles. The number of hydrogen-bond acceptors (Lipinski definition) is 3. The number of benzene rings is 1. The molecule has 3 nitrogen and oxygen atoms in total. The molecular formula is C18H28N2O. The quantitative estimate of drug-likeness (QED) is 0.923. The normalized spacial score (nSPS) is 28.0. The van der Waals surface area contributed by atoms with Gasteiger partial charge in [0, 0.05) is 30.6 Å². The van der Waals surface area contributed by atoms with Gasteiger partial charge in [-0.3, -0.25) is 4.90 Å². The summed E-state index contributed by atoms with van der Waals surface area (Å²) < 4.78 is 6.19.